The lowest BCUT2D eigenvalue weighted by Crippen LogP contribution is -1.98. The van der Waals surface area contributed by atoms with Gasteiger partial charge < -0.3 is 10.5 Å². The molecule has 0 saturated heterocycles. The second-order valence-corrected chi connectivity index (χ2v) is 5.20. The Labute approximate surface area is 113 Å². The number of ether oxygens (including phenoxy) is 1. The normalized spacial score (nSPS) is 11.3. The van der Waals surface area contributed by atoms with Gasteiger partial charge in [-0.1, -0.05) is 23.0 Å². The van der Waals surface area contributed by atoms with E-state index in [0.29, 0.717) is 18.1 Å². The zero-order valence-corrected chi connectivity index (χ0v) is 11.4. The molecule has 2 heterocycles. The Bertz CT molecular complexity index is 733. The van der Waals surface area contributed by atoms with E-state index in [1.807, 2.05) is 25.1 Å². The molecule has 0 radical (unpaired) electrons. The third-order valence-electron chi connectivity index (χ3n) is 2.77. The summed E-state index contributed by atoms with van der Waals surface area (Å²) < 4.78 is 6.77. The Morgan fingerprint density at radius 1 is 1.37 bits per heavy atom. The van der Waals surface area contributed by atoms with Gasteiger partial charge in [-0.3, -0.25) is 0 Å². The molecule has 0 fully saturated rings. The van der Waals surface area contributed by atoms with Gasteiger partial charge in [-0.25, -0.2) is 0 Å². The zero-order valence-electron chi connectivity index (χ0n) is 10.6. The van der Waals surface area contributed by atoms with Gasteiger partial charge >= 0.3 is 0 Å². The summed E-state index contributed by atoms with van der Waals surface area (Å²) in [6.45, 7) is 2.41. The van der Waals surface area contributed by atoms with Crippen molar-refractivity contribution in [1.82, 2.24) is 19.8 Å². The fourth-order valence-corrected chi connectivity index (χ4v) is 2.74. The molecule has 3 aromatic rings. The van der Waals surface area contributed by atoms with Crippen molar-refractivity contribution < 1.29 is 4.74 Å². The number of nitrogens with zero attached hydrogens (tertiary/aromatic N) is 4. The number of rotatable bonds is 3. The summed E-state index contributed by atoms with van der Waals surface area (Å²) >= 11 is 1.46. The van der Waals surface area contributed by atoms with Crippen LogP contribution in [0.3, 0.4) is 0 Å². The van der Waals surface area contributed by atoms with Gasteiger partial charge in [0, 0.05) is 18.4 Å². The number of hydrogen-bond donors (Lipinski definition) is 1. The van der Waals surface area contributed by atoms with Crippen molar-refractivity contribution >= 4 is 22.0 Å². The first-order chi connectivity index (χ1) is 9.19. The van der Waals surface area contributed by atoms with Crippen molar-refractivity contribution in [3.8, 4) is 10.6 Å². The van der Waals surface area contributed by atoms with Crippen molar-refractivity contribution in [2.24, 2.45) is 0 Å². The van der Waals surface area contributed by atoms with Crippen LogP contribution in [0.25, 0.3) is 15.5 Å². The Balaban J connectivity index is 2.12. The molecule has 3 rings (SSSR count). The van der Waals surface area contributed by atoms with Crippen LogP contribution in [0.2, 0.25) is 0 Å². The molecule has 2 N–H and O–H groups in total. The molecule has 1 aromatic carbocycles. The zero-order chi connectivity index (χ0) is 13.4. The van der Waals surface area contributed by atoms with E-state index < -0.39 is 0 Å². The van der Waals surface area contributed by atoms with Crippen molar-refractivity contribution in [3.05, 3.63) is 29.6 Å². The summed E-state index contributed by atoms with van der Waals surface area (Å²) in [4.78, 5) is 0.739. The van der Waals surface area contributed by atoms with Gasteiger partial charge in [-0.15, -0.1) is 10.2 Å². The Hall–Kier alpha value is -1.99. The van der Waals surface area contributed by atoms with E-state index in [2.05, 4.69) is 15.3 Å². The highest BCUT2D eigenvalue weighted by atomic mass is 32.1. The SMILES string of the molecule is COCc1nnc2sc(-c3cc(C)ccc3N)nn12. The molecule has 0 aliphatic heterocycles. The van der Waals surface area contributed by atoms with E-state index in [1.165, 1.54) is 11.3 Å². The van der Waals surface area contributed by atoms with Gasteiger partial charge in [0.2, 0.25) is 4.96 Å². The van der Waals surface area contributed by atoms with E-state index in [-0.39, 0.29) is 0 Å². The van der Waals surface area contributed by atoms with E-state index in [4.69, 9.17) is 10.5 Å². The molecular weight excluding hydrogens is 262 g/mol. The molecule has 6 nitrogen and oxygen atoms in total. The monoisotopic (exact) mass is 275 g/mol. The van der Waals surface area contributed by atoms with Crippen molar-refractivity contribution in [2.45, 2.75) is 13.5 Å². The van der Waals surface area contributed by atoms with E-state index in [9.17, 15) is 0 Å². The van der Waals surface area contributed by atoms with Crippen LogP contribution < -0.4 is 5.73 Å². The van der Waals surface area contributed by atoms with Crippen molar-refractivity contribution in [3.63, 3.8) is 0 Å². The minimum absolute atomic E-state index is 0.383. The van der Waals surface area contributed by atoms with Gasteiger partial charge in [0.05, 0.1) is 0 Å². The molecule has 0 unspecified atom stereocenters. The maximum absolute atomic E-state index is 6.01. The quantitative estimate of drug-likeness (QED) is 0.738. The first kappa shape index (κ1) is 12.1. The third-order valence-corrected chi connectivity index (χ3v) is 3.70. The van der Waals surface area contributed by atoms with Crippen LogP contribution >= 0.6 is 11.3 Å². The number of aryl methyl sites for hydroxylation is 1. The van der Waals surface area contributed by atoms with Crippen LogP contribution in [0.4, 0.5) is 5.69 Å². The van der Waals surface area contributed by atoms with E-state index in [1.54, 1.807) is 11.6 Å². The summed E-state index contributed by atoms with van der Waals surface area (Å²) in [7, 11) is 1.62. The number of benzene rings is 1. The highest BCUT2D eigenvalue weighted by Crippen LogP contribution is 2.30. The number of aromatic nitrogens is 4. The first-order valence-electron chi connectivity index (χ1n) is 5.75. The maximum Gasteiger partial charge on any atom is 0.235 e. The minimum Gasteiger partial charge on any atom is -0.398 e. The molecule has 0 aliphatic carbocycles. The largest absolute Gasteiger partial charge is 0.398 e. The topological polar surface area (TPSA) is 78.3 Å². The number of nitrogen functional groups attached to an aromatic ring is 1. The number of fused-ring (bicyclic) bond motifs is 1. The summed E-state index contributed by atoms with van der Waals surface area (Å²) in [6, 6.07) is 5.90. The van der Waals surface area contributed by atoms with Crippen LogP contribution in [0.15, 0.2) is 18.2 Å². The lowest BCUT2D eigenvalue weighted by Gasteiger charge is -2.02. The Morgan fingerprint density at radius 2 is 2.21 bits per heavy atom. The number of hydrogen-bond acceptors (Lipinski definition) is 6. The molecular formula is C12H13N5OS. The van der Waals surface area contributed by atoms with E-state index in [0.717, 1.165) is 21.1 Å². The van der Waals surface area contributed by atoms with Gasteiger partial charge in [-0.05, 0) is 19.1 Å². The van der Waals surface area contributed by atoms with Gasteiger partial charge in [0.25, 0.3) is 0 Å². The standard InChI is InChI=1S/C12H13N5OS/c1-7-3-4-9(13)8(5-7)11-16-17-10(6-18-2)14-15-12(17)19-11/h3-5H,6,13H2,1-2H3. The smallest absolute Gasteiger partial charge is 0.235 e. The van der Waals surface area contributed by atoms with Gasteiger partial charge in [-0.2, -0.15) is 9.61 Å². The summed E-state index contributed by atoms with van der Waals surface area (Å²) in [6.07, 6.45) is 0. The molecule has 0 amide bonds. The number of methoxy groups -OCH3 is 1. The Morgan fingerprint density at radius 3 is 3.00 bits per heavy atom. The lowest BCUT2D eigenvalue weighted by atomic mass is 10.1. The second-order valence-electron chi connectivity index (χ2n) is 4.24. The van der Waals surface area contributed by atoms with Crippen molar-refractivity contribution in [1.29, 1.82) is 0 Å². The highest BCUT2D eigenvalue weighted by molar-refractivity contribution is 7.19. The number of nitrogens with two attached hydrogens (primary N) is 1. The molecule has 19 heavy (non-hydrogen) atoms. The van der Waals surface area contributed by atoms with Crippen LogP contribution in [0.1, 0.15) is 11.4 Å². The predicted molar refractivity (Wildman–Crippen MR) is 74.0 cm³/mol. The molecule has 7 heteroatoms. The fraction of sp³-hybridized carbons (Fsp3) is 0.250. The first-order valence-corrected chi connectivity index (χ1v) is 6.57. The van der Waals surface area contributed by atoms with Gasteiger partial charge in [0.15, 0.2) is 5.82 Å². The average Bonchev–Trinajstić information content (AvgIpc) is 2.95. The molecule has 0 saturated carbocycles. The maximum atomic E-state index is 6.01. The average molecular weight is 275 g/mol. The molecule has 0 spiro atoms. The third kappa shape index (κ3) is 2.06. The molecule has 2 aromatic heterocycles. The van der Waals surface area contributed by atoms with Gasteiger partial charge in [0.1, 0.15) is 11.6 Å². The van der Waals surface area contributed by atoms with Crippen LogP contribution in [-0.2, 0) is 11.3 Å². The predicted octanol–water partition coefficient (Wildman–Crippen LogP) is 1.89. The summed E-state index contributed by atoms with van der Waals surface area (Å²) in [5.74, 6) is 0.686. The minimum atomic E-state index is 0.383. The lowest BCUT2D eigenvalue weighted by molar-refractivity contribution is 0.176. The fourth-order valence-electron chi connectivity index (χ4n) is 1.84. The van der Waals surface area contributed by atoms with Crippen molar-refractivity contribution in [2.75, 3.05) is 12.8 Å². The highest BCUT2D eigenvalue weighted by Gasteiger charge is 2.14. The van der Waals surface area contributed by atoms with Crippen LogP contribution in [-0.4, -0.2) is 26.9 Å². The molecule has 0 aliphatic rings. The Kier molecular flexibility index (Phi) is 2.92. The van der Waals surface area contributed by atoms with Crippen LogP contribution in [0.5, 0.6) is 0 Å². The second kappa shape index (κ2) is 4.60. The molecule has 0 bridgehead atoms. The van der Waals surface area contributed by atoms with E-state index >= 15 is 0 Å². The number of anilines is 1. The van der Waals surface area contributed by atoms with Crippen LogP contribution in [0, 0.1) is 6.92 Å². The molecule has 98 valence electrons. The summed E-state index contributed by atoms with van der Waals surface area (Å²) in [5.41, 5.74) is 8.79. The summed E-state index contributed by atoms with van der Waals surface area (Å²) in [5, 5.41) is 13.5. The molecule has 0 atom stereocenters.